The number of hydrogen-bond donors (Lipinski definition) is 1. The summed E-state index contributed by atoms with van der Waals surface area (Å²) in [7, 11) is 0. The first-order valence-electron chi connectivity index (χ1n) is 6.86. The van der Waals surface area contributed by atoms with Gasteiger partial charge in [-0.3, -0.25) is 0 Å². The van der Waals surface area contributed by atoms with Crippen molar-refractivity contribution in [3.63, 3.8) is 0 Å². The molecule has 0 aromatic heterocycles. The number of hydrogen-bond acceptors (Lipinski definition) is 2. The largest absolute Gasteiger partial charge is 0.313 e. The fourth-order valence-electron chi connectivity index (χ4n) is 1.96. The molecule has 0 radical (unpaired) electrons. The Labute approximate surface area is 130 Å². The van der Waals surface area contributed by atoms with Crippen LogP contribution < -0.4 is 5.32 Å². The molecule has 1 N–H and O–H groups in total. The summed E-state index contributed by atoms with van der Waals surface area (Å²) in [5.41, 5.74) is 4.03. The third kappa shape index (κ3) is 4.55. The van der Waals surface area contributed by atoms with Gasteiger partial charge in [-0.25, -0.2) is 0 Å². The zero-order valence-corrected chi connectivity index (χ0v) is 13.5. The van der Waals surface area contributed by atoms with Crippen LogP contribution in [0, 0.1) is 6.92 Å². The zero-order chi connectivity index (χ0) is 14.4. The van der Waals surface area contributed by atoms with Crippen LogP contribution in [0.25, 0.3) is 0 Å². The Morgan fingerprint density at radius 3 is 2.50 bits per heavy atom. The summed E-state index contributed by atoms with van der Waals surface area (Å²) in [6.07, 6.45) is 0. The van der Waals surface area contributed by atoms with Gasteiger partial charge in [-0.15, -0.1) is 11.8 Å². The van der Waals surface area contributed by atoms with Crippen molar-refractivity contribution in [1.29, 1.82) is 0 Å². The van der Waals surface area contributed by atoms with Crippen LogP contribution in [0.5, 0.6) is 0 Å². The summed E-state index contributed by atoms with van der Waals surface area (Å²) in [6.45, 7) is 6.27. The zero-order valence-electron chi connectivity index (χ0n) is 11.9. The Balaban J connectivity index is 1.96. The highest BCUT2D eigenvalue weighted by Gasteiger charge is 2.01. The Morgan fingerprint density at radius 1 is 1.10 bits per heavy atom. The van der Waals surface area contributed by atoms with Crippen molar-refractivity contribution in [2.75, 3.05) is 6.54 Å². The van der Waals surface area contributed by atoms with Gasteiger partial charge in [-0.1, -0.05) is 36.7 Å². The summed E-state index contributed by atoms with van der Waals surface area (Å²) >= 11 is 7.76. The minimum atomic E-state index is 0.794. The molecule has 0 fully saturated rings. The highest BCUT2D eigenvalue weighted by Crippen LogP contribution is 2.25. The van der Waals surface area contributed by atoms with Crippen molar-refractivity contribution < 1.29 is 0 Å². The van der Waals surface area contributed by atoms with Gasteiger partial charge in [0.2, 0.25) is 0 Å². The second-order valence-electron chi connectivity index (χ2n) is 4.78. The maximum atomic E-state index is 5.90. The van der Waals surface area contributed by atoms with Gasteiger partial charge in [-0.05, 0) is 54.4 Å². The van der Waals surface area contributed by atoms with E-state index in [1.807, 2.05) is 23.9 Å². The van der Waals surface area contributed by atoms with Crippen LogP contribution in [0.1, 0.15) is 23.6 Å². The lowest BCUT2D eigenvalue weighted by Gasteiger charge is -2.09. The molecule has 0 amide bonds. The van der Waals surface area contributed by atoms with E-state index < -0.39 is 0 Å². The second-order valence-corrected chi connectivity index (χ2v) is 6.27. The Morgan fingerprint density at radius 2 is 1.85 bits per heavy atom. The van der Waals surface area contributed by atoms with Crippen LogP contribution in [0.15, 0.2) is 47.4 Å². The predicted octanol–water partition coefficient (Wildman–Crippen LogP) is 5.05. The molecule has 0 saturated carbocycles. The maximum absolute atomic E-state index is 5.90. The van der Waals surface area contributed by atoms with Gasteiger partial charge < -0.3 is 5.32 Å². The Kier molecular flexibility index (Phi) is 5.96. The minimum Gasteiger partial charge on any atom is -0.313 e. The van der Waals surface area contributed by atoms with Gasteiger partial charge in [0, 0.05) is 22.2 Å². The van der Waals surface area contributed by atoms with E-state index in [0.29, 0.717) is 0 Å². The Bertz CT molecular complexity index is 551. The Hall–Kier alpha value is -0.960. The molecule has 106 valence electrons. The molecule has 0 aliphatic heterocycles. The molecule has 0 aliphatic carbocycles. The van der Waals surface area contributed by atoms with Crippen molar-refractivity contribution in [2.45, 2.75) is 31.0 Å². The van der Waals surface area contributed by atoms with Crippen molar-refractivity contribution in [2.24, 2.45) is 0 Å². The average Bonchev–Trinajstić information content (AvgIpc) is 2.46. The molecule has 0 spiro atoms. The van der Waals surface area contributed by atoms with E-state index in [-0.39, 0.29) is 0 Å². The number of aryl methyl sites for hydroxylation is 1. The number of halogens is 1. The first kappa shape index (κ1) is 15.4. The fourth-order valence-corrected chi connectivity index (χ4v) is 3.04. The molecule has 0 saturated heterocycles. The summed E-state index contributed by atoms with van der Waals surface area (Å²) in [4.78, 5) is 1.32. The van der Waals surface area contributed by atoms with Crippen LogP contribution in [0.4, 0.5) is 0 Å². The SMILES string of the molecule is CCNCc1ccc(SCc2ccc(Cl)cc2)cc1C. The number of rotatable bonds is 6. The molecule has 3 heteroatoms. The quantitative estimate of drug-likeness (QED) is 0.749. The topological polar surface area (TPSA) is 12.0 Å². The minimum absolute atomic E-state index is 0.794. The summed E-state index contributed by atoms with van der Waals surface area (Å²) in [5.74, 6) is 0.975. The molecule has 2 aromatic rings. The van der Waals surface area contributed by atoms with Gasteiger partial charge >= 0.3 is 0 Å². The third-order valence-corrected chi connectivity index (χ3v) is 4.52. The molecule has 0 heterocycles. The molecule has 0 unspecified atom stereocenters. The van der Waals surface area contributed by atoms with Gasteiger partial charge in [0.05, 0.1) is 0 Å². The normalized spacial score (nSPS) is 10.8. The second kappa shape index (κ2) is 7.72. The summed E-state index contributed by atoms with van der Waals surface area (Å²) in [5, 5.41) is 4.16. The van der Waals surface area contributed by atoms with Crippen molar-refractivity contribution >= 4 is 23.4 Å². The van der Waals surface area contributed by atoms with Crippen molar-refractivity contribution in [3.05, 3.63) is 64.2 Å². The van der Waals surface area contributed by atoms with Gasteiger partial charge in [0.15, 0.2) is 0 Å². The van der Waals surface area contributed by atoms with E-state index >= 15 is 0 Å². The highest BCUT2D eigenvalue weighted by molar-refractivity contribution is 7.98. The van der Waals surface area contributed by atoms with Crippen molar-refractivity contribution in [1.82, 2.24) is 5.32 Å². The molecule has 2 rings (SSSR count). The lowest BCUT2D eigenvalue weighted by Crippen LogP contribution is -2.12. The molecule has 1 nitrogen and oxygen atoms in total. The van der Waals surface area contributed by atoms with Crippen LogP contribution in [0.2, 0.25) is 5.02 Å². The van der Waals surface area contributed by atoms with Crippen LogP contribution >= 0.6 is 23.4 Å². The smallest absolute Gasteiger partial charge is 0.0406 e. The van der Waals surface area contributed by atoms with Gasteiger partial charge in [0.1, 0.15) is 0 Å². The molecule has 0 aliphatic rings. The molecule has 20 heavy (non-hydrogen) atoms. The standard InChI is InChI=1S/C17H20ClNS/c1-3-19-11-15-6-9-17(10-13(15)2)20-12-14-4-7-16(18)8-5-14/h4-10,19H,3,11-12H2,1-2H3. The van der Waals surface area contributed by atoms with E-state index in [2.05, 4.69) is 49.5 Å². The number of benzene rings is 2. The monoisotopic (exact) mass is 305 g/mol. The first-order valence-corrected chi connectivity index (χ1v) is 8.23. The van der Waals surface area contributed by atoms with Crippen LogP contribution in [-0.2, 0) is 12.3 Å². The van der Waals surface area contributed by atoms with E-state index in [1.165, 1.54) is 21.6 Å². The molecule has 0 atom stereocenters. The van der Waals surface area contributed by atoms with E-state index in [9.17, 15) is 0 Å². The van der Waals surface area contributed by atoms with E-state index in [1.54, 1.807) is 0 Å². The average molecular weight is 306 g/mol. The lowest BCUT2D eigenvalue weighted by molar-refractivity contribution is 0.723. The van der Waals surface area contributed by atoms with E-state index in [4.69, 9.17) is 11.6 Å². The number of nitrogens with one attached hydrogen (secondary N) is 1. The third-order valence-electron chi connectivity index (χ3n) is 3.20. The summed E-state index contributed by atoms with van der Waals surface area (Å²) in [6, 6.07) is 14.8. The van der Waals surface area contributed by atoms with Gasteiger partial charge in [0.25, 0.3) is 0 Å². The fraction of sp³-hybridized carbons (Fsp3) is 0.294. The summed E-state index contributed by atoms with van der Waals surface area (Å²) < 4.78 is 0. The van der Waals surface area contributed by atoms with Crippen LogP contribution in [0.3, 0.4) is 0 Å². The maximum Gasteiger partial charge on any atom is 0.0406 e. The lowest BCUT2D eigenvalue weighted by atomic mass is 10.1. The van der Waals surface area contributed by atoms with Crippen molar-refractivity contribution in [3.8, 4) is 0 Å². The predicted molar refractivity (Wildman–Crippen MR) is 89.6 cm³/mol. The molecule has 2 aromatic carbocycles. The van der Waals surface area contributed by atoms with Crippen LogP contribution in [-0.4, -0.2) is 6.54 Å². The molecule has 0 bridgehead atoms. The number of thioether (sulfide) groups is 1. The van der Waals surface area contributed by atoms with Gasteiger partial charge in [-0.2, -0.15) is 0 Å². The highest BCUT2D eigenvalue weighted by atomic mass is 35.5. The van der Waals surface area contributed by atoms with E-state index in [0.717, 1.165) is 23.9 Å². The first-order chi connectivity index (χ1) is 9.69. The molecular formula is C17H20ClNS. The molecular weight excluding hydrogens is 286 g/mol.